The molecule has 0 unspecified atom stereocenters. The van der Waals surface area contributed by atoms with E-state index in [1.165, 1.54) is 0 Å². The van der Waals surface area contributed by atoms with Gasteiger partial charge in [-0.25, -0.2) is 8.42 Å². The lowest BCUT2D eigenvalue weighted by atomic mass is 10.1. The summed E-state index contributed by atoms with van der Waals surface area (Å²) in [6.07, 6.45) is 1.49. The Balaban J connectivity index is 2.17. The monoisotopic (exact) mass is 539 g/mol. The highest BCUT2D eigenvalue weighted by atomic mass is 79.9. The molecule has 0 aromatic heterocycles. The summed E-state index contributed by atoms with van der Waals surface area (Å²) in [5, 5.41) is 9.05. The van der Waals surface area contributed by atoms with E-state index in [1.54, 1.807) is 30.3 Å². The fourth-order valence-corrected chi connectivity index (χ4v) is 4.63. The van der Waals surface area contributed by atoms with Crippen molar-refractivity contribution in [2.75, 3.05) is 11.0 Å². The molecule has 0 amide bonds. The van der Waals surface area contributed by atoms with Gasteiger partial charge in [0.2, 0.25) is 10.0 Å². The Labute approximate surface area is 179 Å². The van der Waals surface area contributed by atoms with Gasteiger partial charge in [0, 0.05) is 12.0 Å². The number of aliphatic carboxylic acids is 1. The molecule has 0 aliphatic carbocycles. The molecule has 0 aliphatic rings. The fourth-order valence-electron chi connectivity index (χ4n) is 2.27. The number of aryl methyl sites for hydroxylation is 1. The highest BCUT2D eigenvalue weighted by molar-refractivity contribution is 9.11. The predicted molar refractivity (Wildman–Crippen MR) is 112 cm³/mol. The minimum absolute atomic E-state index is 0.0365. The van der Waals surface area contributed by atoms with Gasteiger partial charge in [-0.3, -0.25) is 9.52 Å². The number of halogens is 3. The van der Waals surface area contributed by atoms with Gasteiger partial charge in [0.25, 0.3) is 0 Å². The fraction of sp³-hybridized carbons (Fsp3) is 0.235. The number of nitrogens with one attached hydrogen (secondary N) is 1. The Morgan fingerprint density at radius 3 is 2.44 bits per heavy atom. The van der Waals surface area contributed by atoms with Gasteiger partial charge in [0.15, 0.2) is 0 Å². The van der Waals surface area contributed by atoms with E-state index in [2.05, 4.69) is 36.6 Å². The minimum atomic E-state index is -3.45. The van der Waals surface area contributed by atoms with Crippen LogP contribution in [0, 0.1) is 0 Å². The number of benzene rings is 2. The summed E-state index contributed by atoms with van der Waals surface area (Å²) in [4.78, 5) is 10.7. The van der Waals surface area contributed by atoms with Crippen molar-refractivity contribution in [2.24, 2.45) is 0 Å². The Hall–Kier alpha value is -1.29. The Bertz CT molecular complexity index is 943. The molecule has 2 aromatic carbocycles. The van der Waals surface area contributed by atoms with E-state index in [1.807, 2.05) is 0 Å². The van der Waals surface area contributed by atoms with E-state index in [0.717, 1.165) is 11.8 Å². The van der Waals surface area contributed by atoms with Crippen molar-refractivity contribution < 1.29 is 23.1 Å². The van der Waals surface area contributed by atoms with Crippen LogP contribution in [0.25, 0.3) is 0 Å². The predicted octanol–water partition coefficient (Wildman–Crippen LogP) is 4.83. The zero-order chi connectivity index (χ0) is 20.2. The molecular formula is C17H16Br2ClNO5S. The number of anilines is 1. The molecule has 2 rings (SSSR count). The second-order valence-electron chi connectivity index (χ2n) is 5.72. The molecule has 0 radical (unpaired) electrons. The largest absolute Gasteiger partial charge is 0.486 e. The van der Waals surface area contributed by atoms with Crippen molar-refractivity contribution >= 4 is 65.1 Å². The van der Waals surface area contributed by atoms with Crippen LogP contribution in [0.1, 0.15) is 17.5 Å². The summed E-state index contributed by atoms with van der Waals surface area (Å²) >= 11 is 13.1. The first kappa shape index (κ1) is 22.0. The number of carboxylic acid groups (broad SMARTS) is 1. The molecule has 0 saturated carbocycles. The van der Waals surface area contributed by atoms with Crippen LogP contribution in [-0.4, -0.2) is 25.7 Å². The smallest absolute Gasteiger partial charge is 0.303 e. The quantitative estimate of drug-likeness (QED) is 0.499. The topological polar surface area (TPSA) is 92.7 Å². The number of carbonyl (C=O) groups is 1. The van der Waals surface area contributed by atoms with E-state index < -0.39 is 16.0 Å². The van der Waals surface area contributed by atoms with E-state index >= 15 is 0 Å². The van der Waals surface area contributed by atoms with Crippen LogP contribution in [0.5, 0.6) is 5.75 Å². The van der Waals surface area contributed by atoms with Gasteiger partial charge in [-0.05, 0) is 62.0 Å². The van der Waals surface area contributed by atoms with Crippen LogP contribution in [0.2, 0.25) is 5.02 Å². The highest BCUT2D eigenvalue weighted by Crippen LogP contribution is 2.36. The van der Waals surface area contributed by atoms with Gasteiger partial charge in [0.05, 0.1) is 25.9 Å². The third-order valence-electron chi connectivity index (χ3n) is 3.43. The van der Waals surface area contributed by atoms with Crippen molar-refractivity contribution in [3.05, 3.63) is 55.4 Å². The molecule has 0 aliphatic heterocycles. The number of sulfonamides is 1. The van der Waals surface area contributed by atoms with E-state index in [0.29, 0.717) is 26.7 Å². The van der Waals surface area contributed by atoms with Gasteiger partial charge in [-0.15, -0.1) is 0 Å². The normalized spacial score (nSPS) is 11.3. The standard InChI is InChI=1S/C17H16Br2ClNO5S/c1-27(24,25)21-14-4-2-3-11(16(14)20)9-26-17-12(18)7-10(8-13(17)19)5-6-15(22)23/h2-4,7-8,21H,5-6,9H2,1H3,(H,22,23). The summed E-state index contributed by atoms with van der Waals surface area (Å²) < 4.78 is 32.3. The second kappa shape index (κ2) is 9.27. The molecule has 0 spiro atoms. The number of hydrogen-bond donors (Lipinski definition) is 2. The first-order chi connectivity index (χ1) is 12.6. The average molecular weight is 542 g/mol. The third-order valence-corrected chi connectivity index (χ3v) is 5.65. The zero-order valence-corrected chi connectivity index (χ0v) is 18.9. The highest BCUT2D eigenvalue weighted by Gasteiger charge is 2.14. The van der Waals surface area contributed by atoms with E-state index in [9.17, 15) is 13.2 Å². The lowest BCUT2D eigenvalue weighted by Crippen LogP contribution is -2.10. The molecule has 6 nitrogen and oxygen atoms in total. The third kappa shape index (κ3) is 6.67. The lowest BCUT2D eigenvalue weighted by Gasteiger charge is -2.14. The average Bonchev–Trinajstić information content (AvgIpc) is 2.54. The molecule has 2 aromatic rings. The Morgan fingerprint density at radius 2 is 1.89 bits per heavy atom. The van der Waals surface area contributed by atoms with Gasteiger partial charge in [0.1, 0.15) is 12.4 Å². The van der Waals surface area contributed by atoms with Gasteiger partial charge < -0.3 is 9.84 Å². The lowest BCUT2D eigenvalue weighted by molar-refractivity contribution is -0.136. The molecule has 2 N–H and O–H groups in total. The first-order valence-electron chi connectivity index (χ1n) is 7.64. The van der Waals surface area contributed by atoms with E-state index in [-0.39, 0.29) is 23.7 Å². The number of ether oxygens (including phenoxy) is 1. The van der Waals surface area contributed by atoms with Crippen molar-refractivity contribution in [3.8, 4) is 5.75 Å². The summed E-state index contributed by atoms with van der Waals surface area (Å²) in [5.74, 6) is -0.327. The number of carboxylic acids is 1. The molecule has 0 atom stereocenters. The van der Waals surface area contributed by atoms with Crippen LogP contribution >= 0.6 is 43.5 Å². The Kier molecular flexibility index (Phi) is 7.55. The molecule has 146 valence electrons. The maximum atomic E-state index is 11.4. The van der Waals surface area contributed by atoms with Crippen molar-refractivity contribution in [2.45, 2.75) is 19.4 Å². The van der Waals surface area contributed by atoms with Crippen molar-refractivity contribution in [1.29, 1.82) is 0 Å². The van der Waals surface area contributed by atoms with Crippen LogP contribution in [0.4, 0.5) is 5.69 Å². The van der Waals surface area contributed by atoms with Gasteiger partial charge in [-0.2, -0.15) is 0 Å². The van der Waals surface area contributed by atoms with Crippen LogP contribution < -0.4 is 9.46 Å². The van der Waals surface area contributed by atoms with Crippen LogP contribution in [0.15, 0.2) is 39.3 Å². The number of rotatable bonds is 8. The summed E-state index contributed by atoms with van der Waals surface area (Å²) in [6.45, 7) is 0.115. The van der Waals surface area contributed by atoms with Crippen LogP contribution in [-0.2, 0) is 27.8 Å². The molecule has 0 heterocycles. The molecule has 0 bridgehead atoms. The SMILES string of the molecule is CS(=O)(=O)Nc1cccc(COc2c(Br)cc(CCC(=O)O)cc2Br)c1Cl. The Morgan fingerprint density at radius 1 is 1.26 bits per heavy atom. The molecule has 27 heavy (non-hydrogen) atoms. The summed E-state index contributed by atoms with van der Waals surface area (Å²) in [7, 11) is -3.45. The maximum Gasteiger partial charge on any atom is 0.303 e. The van der Waals surface area contributed by atoms with Crippen molar-refractivity contribution in [1.82, 2.24) is 0 Å². The molecular weight excluding hydrogens is 526 g/mol. The second-order valence-corrected chi connectivity index (χ2v) is 9.56. The molecule has 10 heteroatoms. The summed E-state index contributed by atoms with van der Waals surface area (Å²) in [6, 6.07) is 8.57. The van der Waals surface area contributed by atoms with Gasteiger partial charge >= 0.3 is 5.97 Å². The van der Waals surface area contributed by atoms with E-state index in [4.69, 9.17) is 21.4 Å². The number of hydrogen-bond acceptors (Lipinski definition) is 4. The first-order valence-corrected chi connectivity index (χ1v) is 11.5. The maximum absolute atomic E-state index is 11.4. The molecule has 0 saturated heterocycles. The van der Waals surface area contributed by atoms with Crippen LogP contribution in [0.3, 0.4) is 0 Å². The van der Waals surface area contributed by atoms with Gasteiger partial charge in [-0.1, -0.05) is 23.7 Å². The zero-order valence-electron chi connectivity index (χ0n) is 14.1. The van der Waals surface area contributed by atoms with Crippen molar-refractivity contribution in [3.63, 3.8) is 0 Å². The summed E-state index contributed by atoms with van der Waals surface area (Å²) in [5.41, 5.74) is 1.74. The molecule has 0 fully saturated rings. The minimum Gasteiger partial charge on any atom is -0.486 e.